The molecule has 0 spiro atoms. The molecule has 1 aliphatic carbocycles. The van der Waals surface area contributed by atoms with Crippen LogP contribution in [0.2, 0.25) is 0 Å². The lowest BCUT2D eigenvalue weighted by Gasteiger charge is -2.41. The molecule has 0 bridgehead atoms. The first kappa shape index (κ1) is 49.9. The maximum Gasteiger partial charge on any atom is 0.472 e. The van der Waals surface area contributed by atoms with E-state index < -0.39 is 75.7 Å². The zero-order valence-electron chi connectivity index (χ0n) is 32.8. The van der Waals surface area contributed by atoms with Crippen molar-refractivity contribution in [2.24, 2.45) is 0 Å². The monoisotopic (exact) mass is 782 g/mol. The predicted molar refractivity (Wildman–Crippen MR) is 203 cm³/mol. The van der Waals surface area contributed by atoms with Gasteiger partial charge in [0.05, 0.1) is 6.61 Å². The third-order valence-electron chi connectivity index (χ3n) is 9.95. The van der Waals surface area contributed by atoms with Crippen molar-refractivity contribution in [3.05, 3.63) is 0 Å². The summed E-state index contributed by atoms with van der Waals surface area (Å²) in [5, 5.41) is 50.0. The van der Waals surface area contributed by atoms with Crippen molar-refractivity contribution < 1.29 is 63.1 Å². The zero-order valence-corrected chi connectivity index (χ0v) is 33.7. The van der Waals surface area contributed by atoms with Gasteiger partial charge in [-0.15, -0.1) is 0 Å². The Hall–Kier alpha value is -1.15. The van der Waals surface area contributed by atoms with Gasteiger partial charge in [-0.2, -0.15) is 0 Å². The van der Waals surface area contributed by atoms with Crippen LogP contribution in [-0.4, -0.2) is 98.3 Å². The molecule has 0 radical (unpaired) electrons. The van der Waals surface area contributed by atoms with Crippen molar-refractivity contribution in [3.63, 3.8) is 0 Å². The minimum Gasteiger partial charge on any atom is -0.462 e. The van der Waals surface area contributed by atoms with Crippen LogP contribution < -0.4 is 0 Å². The lowest BCUT2D eigenvalue weighted by Crippen LogP contribution is -2.64. The van der Waals surface area contributed by atoms with Crippen LogP contribution in [0.25, 0.3) is 0 Å². The summed E-state index contributed by atoms with van der Waals surface area (Å²) in [7, 11) is -5.10. The number of unbranched alkanes of at least 4 members (excludes halogenated alkanes) is 22. The molecule has 6 unspecified atom stereocenters. The highest BCUT2D eigenvalue weighted by molar-refractivity contribution is 7.47. The van der Waals surface area contributed by atoms with Crippen molar-refractivity contribution in [3.8, 4) is 0 Å². The fraction of sp³-hybridized carbons (Fsp3) is 0.949. The van der Waals surface area contributed by atoms with Crippen LogP contribution in [0, 0.1) is 0 Å². The average molecular weight is 783 g/mol. The Morgan fingerprint density at radius 1 is 0.509 bits per heavy atom. The van der Waals surface area contributed by atoms with Crippen LogP contribution in [0.15, 0.2) is 0 Å². The molecule has 1 aliphatic rings. The molecular formula is C39H75O13P. The van der Waals surface area contributed by atoms with Crippen LogP contribution in [0.3, 0.4) is 0 Å². The van der Waals surface area contributed by atoms with Gasteiger partial charge in [0.25, 0.3) is 0 Å². The Bertz CT molecular complexity index is 954. The van der Waals surface area contributed by atoms with Gasteiger partial charge in [-0.05, 0) is 12.8 Å². The molecular weight excluding hydrogens is 707 g/mol. The van der Waals surface area contributed by atoms with E-state index in [0.29, 0.717) is 12.8 Å². The van der Waals surface area contributed by atoms with Gasteiger partial charge in [-0.3, -0.25) is 18.6 Å². The number of carbonyl (C=O) groups is 2. The molecule has 314 valence electrons. The average Bonchev–Trinajstić information content (AvgIpc) is 3.13. The molecule has 0 saturated heterocycles. The van der Waals surface area contributed by atoms with E-state index in [4.69, 9.17) is 18.5 Å². The summed E-state index contributed by atoms with van der Waals surface area (Å²) in [6.45, 7) is 3.28. The summed E-state index contributed by atoms with van der Waals surface area (Å²) in [5.41, 5.74) is 0. The first-order chi connectivity index (χ1) is 25.4. The van der Waals surface area contributed by atoms with Gasteiger partial charge in [0.15, 0.2) is 6.10 Å². The summed E-state index contributed by atoms with van der Waals surface area (Å²) in [6, 6.07) is 0. The standard InChI is InChI=1S/C39H75O13P/c1-3-5-7-9-11-13-15-17-19-21-23-25-27-32(40)49-29-31(51-33(41)28-26-24-22-20-18-16-14-12-10-8-6-4-2)30-50-53(47,48)52-39-37(45)35(43)34(42)36(44)38(39)46/h31,34-39,42-46H,3-30H2,1-2H3,(H,47,48)/t31-,34?,35-,36?,37?,38?,39?/m1/s1. The first-order valence-corrected chi connectivity index (χ1v) is 22.3. The molecule has 1 saturated carbocycles. The number of hydrogen-bond acceptors (Lipinski definition) is 12. The van der Waals surface area contributed by atoms with E-state index >= 15 is 0 Å². The topological polar surface area (TPSA) is 210 Å². The van der Waals surface area contributed by atoms with Crippen LogP contribution in [0.1, 0.15) is 181 Å². The van der Waals surface area contributed by atoms with Gasteiger partial charge >= 0.3 is 19.8 Å². The summed E-state index contributed by atoms with van der Waals surface area (Å²) in [6.07, 6.45) is 14.6. The lowest BCUT2D eigenvalue weighted by atomic mass is 9.85. The molecule has 0 aromatic carbocycles. The fourth-order valence-electron chi connectivity index (χ4n) is 6.52. The van der Waals surface area contributed by atoms with Crippen molar-refractivity contribution in [1.29, 1.82) is 0 Å². The second kappa shape index (κ2) is 31.0. The summed E-state index contributed by atoms with van der Waals surface area (Å²) >= 11 is 0. The van der Waals surface area contributed by atoms with E-state index in [-0.39, 0.29) is 12.8 Å². The van der Waals surface area contributed by atoms with Crippen molar-refractivity contribution in [2.45, 2.75) is 224 Å². The minimum absolute atomic E-state index is 0.104. The van der Waals surface area contributed by atoms with Gasteiger partial charge in [0.1, 0.15) is 43.2 Å². The smallest absolute Gasteiger partial charge is 0.462 e. The van der Waals surface area contributed by atoms with Crippen molar-refractivity contribution in [1.82, 2.24) is 0 Å². The Morgan fingerprint density at radius 2 is 0.849 bits per heavy atom. The molecule has 8 atom stereocenters. The summed E-state index contributed by atoms with van der Waals surface area (Å²) < 4.78 is 33.4. The Balaban J connectivity index is 2.51. The Morgan fingerprint density at radius 3 is 1.25 bits per heavy atom. The molecule has 1 rings (SSSR count). The van der Waals surface area contributed by atoms with E-state index in [1.54, 1.807) is 0 Å². The Kier molecular flexibility index (Phi) is 29.2. The molecule has 0 aliphatic heterocycles. The first-order valence-electron chi connectivity index (χ1n) is 20.8. The van der Waals surface area contributed by atoms with E-state index in [0.717, 1.165) is 38.5 Å². The number of ether oxygens (including phenoxy) is 2. The molecule has 0 aromatic heterocycles. The Labute approximate surface area is 319 Å². The summed E-state index contributed by atoms with van der Waals surface area (Å²) in [4.78, 5) is 35.5. The van der Waals surface area contributed by atoms with E-state index in [1.807, 2.05) is 0 Å². The van der Waals surface area contributed by atoms with Crippen molar-refractivity contribution in [2.75, 3.05) is 13.2 Å². The second-order valence-electron chi connectivity index (χ2n) is 14.9. The molecule has 14 heteroatoms. The van der Waals surface area contributed by atoms with Crippen LogP contribution in [0.5, 0.6) is 0 Å². The number of aliphatic hydroxyl groups is 5. The predicted octanol–water partition coefficient (Wildman–Crippen LogP) is 6.94. The number of esters is 2. The lowest BCUT2D eigenvalue weighted by molar-refractivity contribution is -0.220. The van der Waals surface area contributed by atoms with Gasteiger partial charge in [-0.1, -0.05) is 155 Å². The van der Waals surface area contributed by atoms with Gasteiger partial charge in [0.2, 0.25) is 0 Å². The van der Waals surface area contributed by atoms with E-state index in [1.165, 1.54) is 103 Å². The van der Waals surface area contributed by atoms with Crippen LogP contribution in [-0.2, 0) is 32.7 Å². The molecule has 6 N–H and O–H groups in total. The number of rotatable bonds is 34. The molecule has 0 amide bonds. The molecule has 53 heavy (non-hydrogen) atoms. The molecule has 13 nitrogen and oxygen atoms in total. The largest absolute Gasteiger partial charge is 0.472 e. The third kappa shape index (κ3) is 24.2. The normalized spacial score (nSPS) is 23.4. The van der Waals surface area contributed by atoms with Crippen LogP contribution >= 0.6 is 7.82 Å². The quantitative estimate of drug-likeness (QED) is 0.0222. The highest BCUT2D eigenvalue weighted by Crippen LogP contribution is 2.47. The highest BCUT2D eigenvalue weighted by atomic mass is 31.2. The maximum atomic E-state index is 12.7. The zero-order chi connectivity index (χ0) is 39.3. The maximum absolute atomic E-state index is 12.7. The minimum atomic E-state index is -5.10. The highest BCUT2D eigenvalue weighted by Gasteiger charge is 2.51. The number of aliphatic hydroxyl groups excluding tert-OH is 5. The second-order valence-corrected chi connectivity index (χ2v) is 16.3. The van der Waals surface area contributed by atoms with Gasteiger partial charge < -0.3 is 39.9 Å². The molecule has 0 aromatic rings. The number of hydrogen-bond donors (Lipinski definition) is 6. The number of phosphoric ester groups is 1. The van der Waals surface area contributed by atoms with Gasteiger partial charge in [-0.25, -0.2) is 4.57 Å². The molecule has 1 fully saturated rings. The summed E-state index contributed by atoms with van der Waals surface area (Å²) in [5.74, 6) is -1.09. The van der Waals surface area contributed by atoms with E-state index in [9.17, 15) is 44.6 Å². The molecule has 0 heterocycles. The van der Waals surface area contributed by atoms with Crippen molar-refractivity contribution >= 4 is 19.8 Å². The third-order valence-corrected chi connectivity index (χ3v) is 10.9. The van der Waals surface area contributed by atoms with Gasteiger partial charge in [0, 0.05) is 12.8 Å². The van der Waals surface area contributed by atoms with E-state index in [2.05, 4.69) is 13.8 Å². The number of carbonyl (C=O) groups excluding carboxylic acids is 2. The SMILES string of the molecule is CCCCCCCCCCCCCCC(=O)OC[C@H](COP(=O)(O)OC1C(O)C(O)C(O)[C@@H](O)C1O)OC(=O)CCCCCCCCCCCCCC. The number of phosphoric acid groups is 1. The van der Waals surface area contributed by atoms with Crippen LogP contribution in [0.4, 0.5) is 0 Å². The fourth-order valence-corrected chi connectivity index (χ4v) is 7.50.